The van der Waals surface area contributed by atoms with Crippen molar-refractivity contribution in [3.63, 3.8) is 0 Å². The number of carboxylic acids is 1. The normalized spacial score (nSPS) is 11.1. The molecule has 0 aliphatic carbocycles. The average molecular weight is 248 g/mol. The Morgan fingerprint density at radius 2 is 2.47 bits per heavy atom. The summed E-state index contributed by atoms with van der Waals surface area (Å²) in [5.41, 5.74) is 2.42. The van der Waals surface area contributed by atoms with E-state index >= 15 is 0 Å². The molecule has 0 saturated carbocycles. The van der Waals surface area contributed by atoms with Crippen LogP contribution in [0.3, 0.4) is 0 Å². The van der Waals surface area contributed by atoms with Gasteiger partial charge < -0.3 is 9.52 Å². The second-order valence-electron chi connectivity index (χ2n) is 3.59. The van der Waals surface area contributed by atoms with Gasteiger partial charge in [0, 0.05) is 22.8 Å². The number of thiazole rings is 1. The molecule has 6 heteroatoms. The van der Waals surface area contributed by atoms with Crippen molar-refractivity contribution in [1.82, 2.24) is 9.38 Å². The van der Waals surface area contributed by atoms with Gasteiger partial charge in [-0.05, 0) is 6.07 Å². The van der Waals surface area contributed by atoms with Gasteiger partial charge >= 0.3 is 5.97 Å². The first kappa shape index (κ1) is 10.1. The molecule has 3 heterocycles. The molecule has 0 amide bonds. The minimum Gasteiger partial charge on any atom is -0.481 e. The lowest BCUT2D eigenvalue weighted by Gasteiger charge is -1.92. The maximum absolute atomic E-state index is 10.7. The van der Waals surface area contributed by atoms with Crippen LogP contribution in [0.2, 0.25) is 0 Å². The molecule has 0 unspecified atom stereocenters. The van der Waals surface area contributed by atoms with E-state index in [0.717, 1.165) is 21.9 Å². The van der Waals surface area contributed by atoms with E-state index in [9.17, 15) is 4.79 Å². The van der Waals surface area contributed by atoms with Crippen molar-refractivity contribution in [3.8, 4) is 11.3 Å². The Morgan fingerprint density at radius 3 is 3.18 bits per heavy atom. The van der Waals surface area contributed by atoms with E-state index in [1.807, 2.05) is 17.6 Å². The monoisotopic (exact) mass is 248 g/mol. The Labute approximate surface area is 99.9 Å². The lowest BCUT2D eigenvalue weighted by molar-refractivity contribution is -0.136. The number of carboxylic acid groups (broad SMARTS) is 1. The van der Waals surface area contributed by atoms with Gasteiger partial charge in [-0.25, -0.2) is 4.98 Å². The summed E-state index contributed by atoms with van der Waals surface area (Å²) >= 11 is 1.43. The molecule has 0 aliphatic heterocycles. The highest BCUT2D eigenvalue weighted by Gasteiger charge is 2.12. The van der Waals surface area contributed by atoms with Gasteiger partial charge in [0.15, 0.2) is 4.96 Å². The number of hydrogen-bond donors (Lipinski definition) is 1. The van der Waals surface area contributed by atoms with Crippen LogP contribution in [-0.2, 0) is 11.2 Å². The van der Waals surface area contributed by atoms with E-state index in [1.165, 1.54) is 11.3 Å². The molecule has 1 N–H and O–H groups in total. The molecule has 0 aliphatic rings. The number of fused-ring (bicyclic) bond motifs is 1. The minimum atomic E-state index is -0.844. The molecule has 3 aromatic heterocycles. The van der Waals surface area contributed by atoms with Gasteiger partial charge in [0.1, 0.15) is 0 Å². The zero-order chi connectivity index (χ0) is 11.8. The first-order valence-electron chi connectivity index (χ1n) is 4.94. The van der Waals surface area contributed by atoms with E-state index in [2.05, 4.69) is 4.98 Å². The van der Waals surface area contributed by atoms with Crippen LogP contribution >= 0.6 is 11.3 Å². The number of carbonyl (C=O) groups is 1. The molecule has 3 aromatic rings. The van der Waals surface area contributed by atoms with E-state index in [4.69, 9.17) is 9.52 Å². The molecular formula is C11H8N2O3S. The highest BCUT2D eigenvalue weighted by molar-refractivity contribution is 7.15. The minimum absolute atomic E-state index is 0.00118. The summed E-state index contributed by atoms with van der Waals surface area (Å²) in [6, 6.07) is 1.82. The molecule has 17 heavy (non-hydrogen) atoms. The highest BCUT2D eigenvalue weighted by atomic mass is 32.1. The lowest BCUT2D eigenvalue weighted by atomic mass is 10.3. The molecule has 0 saturated heterocycles. The van der Waals surface area contributed by atoms with Crippen molar-refractivity contribution < 1.29 is 14.3 Å². The summed E-state index contributed by atoms with van der Waals surface area (Å²) in [5.74, 6) is -0.844. The fraction of sp³-hybridized carbons (Fsp3) is 0.0909. The second-order valence-corrected chi connectivity index (χ2v) is 4.42. The van der Waals surface area contributed by atoms with Crippen molar-refractivity contribution >= 4 is 22.3 Å². The quantitative estimate of drug-likeness (QED) is 0.772. The summed E-state index contributed by atoms with van der Waals surface area (Å²) in [4.78, 5) is 15.9. The Kier molecular flexibility index (Phi) is 2.22. The molecule has 0 radical (unpaired) electrons. The van der Waals surface area contributed by atoms with Gasteiger partial charge in [0.05, 0.1) is 24.6 Å². The fourth-order valence-electron chi connectivity index (χ4n) is 1.66. The molecule has 0 fully saturated rings. The Morgan fingerprint density at radius 1 is 1.59 bits per heavy atom. The third kappa shape index (κ3) is 1.72. The van der Waals surface area contributed by atoms with Crippen molar-refractivity contribution in [3.05, 3.63) is 35.9 Å². The summed E-state index contributed by atoms with van der Waals surface area (Å²) in [6.45, 7) is 0. The SMILES string of the molecule is O=C(O)Cc1csc2nc(-c3ccoc3)cn12. The topological polar surface area (TPSA) is 67.7 Å². The van der Waals surface area contributed by atoms with E-state index in [-0.39, 0.29) is 6.42 Å². The number of aliphatic carboxylic acids is 1. The predicted molar refractivity (Wildman–Crippen MR) is 62.1 cm³/mol. The van der Waals surface area contributed by atoms with Gasteiger partial charge in [-0.3, -0.25) is 9.20 Å². The van der Waals surface area contributed by atoms with Crippen LogP contribution in [0.5, 0.6) is 0 Å². The standard InChI is InChI=1S/C11H8N2O3S/c14-10(15)3-8-6-17-11-12-9(4-13(8)11)7-1-2-16-5-7/h1-2,4-6H,3H2,(H,14,15). The second kappa shape index (κ2) is 3.74. The van der Waals surface area contributed by atoms with Gasteiger partial charge in [-0.2, -0.15) is 0 Å². The molecule has 0 aromatic carbocycles. The molecule has 86 valence electrons. The van der Waals surface area contributed by atoms with Crippen molar-refractivity contribution in [1.29, 1.82) is 0 Å². The zero-order valence-electron chi connectivity index (χ0n) is 8.66. The Hall–Kier alpha value is -2.08. The van der Waals surface area contributed by atoms with Gasteiger partial charge in [0.2, 0.25) is 0 Å². The number of imidazole rings is 1. The number of aromatic nitrogens is 2. The average Bonchev–Trinajstić information content (AvgIpc) is 2.93. The third-order valence-electron chi connectivity index (χ3n) is 2.43. The maximum Gasteiger partial charge on any atom is 0.309 e. The van der Waals surface area contributed by atoms with Crippen LogP contribution in [0.1, 0.15) is 5.69 Å². The van der Waals surface area contributed by atoms with E-state index in [1.54, 1.807) is 16.9 Å². The van der Waals surface area contributed by atoms with Crippen molar-refractivity contribution in [2.24, 2.45) is 0 Å². The molecular weight excluding hydrogens is 240 g/mol. The summed E-state index contributed by atoms with van der Waals surface area (Å²) in [7, 11) is 0. The molecule has 5 nitrogen and oxygen atoms in total. The summed E-state index contributed by atoms with van der Waals surface area (Å²) in [5, 5.41) is 10.6. The van der Waals surface area contributed by atoms with Crippen LogP contribution in [-0.4, -0.2) is 20.5 Å². The first-order valence-corrected chi connectivity index (χ1v) is 5.82. The van der Waals surface area contributed by atoms with Crippen molar-refractivity contribution in [2.75, 3.05) is 0 Å². The van der Waals surface area contributed by atoms with Crippen LogP contribution in [0.15, 0.2) is 34.6 Å². The van der Waals surface area contributed by atoms with E-state index in [0.29, 0.717) is 0 Å². The van der Waals surface area contributed by atoms with Crippen LogP contribution in [0.4, 0.5) is 0 Å². The Bertz CT molecular complexity index is 666. The van der Waals surface area contributed by atoms with Crippen molar-refractivity contribution in [2.45, 2.75) is 6.42 Å². The largest absolute Gasteiger partial charge is 0.481 e. The summed E-state index contributed by atoms with van der Waals surface area (Å²) < 4.78 is 6.80. The predicted octanol–water partition coefficient (Wildman–Crippen LogP) is 2.28. The van der Waals surface area contributed by atoms with Gasteiger partial charge in [0.25, 0.3) is 0 Å². The number of rotatable bonds is 3. The Balaban J connectivity index is 2.08. The molecule has 0 atom stereocenters. The number of nitrogens with zero attached hydrogens (tertiary/aromatic N) is 2. The highest BCUT2D eigenvalue weighted by Crippen LogP contribution is 2.24. The fourth-order valence-corrected chi connectivity index (χ4v) is 2.53. The van der Waals surface area contributed by atoms with Gasteiger partial charge in [-0.1, -0.05) is 0 Å². The first-order chi connectivity index (χ1) is 8.24. The molecule has 0 spiro atoms. The zero-order valence-corrected chi connectivity index (χ0v) is 9.48. The van der Waals surface area contributed by atoms with E-state index < -0.39 is 5.97 Å². The molecule has 0 bridgehead atoms. The van der Waals surface area contributed by atoms with Crippen LogP contribution in [0, 0.1) is 0 Å². The van der Waals surface area contributed by atoms with Crippen LogP contribution in [0.25, 0.3) is 16.2 Å². The number of hydrogen-bond acceptors (Lipinski definition) is 4. The summed E-state index contributed by atoms with van der Waals surface area (Å²) in [6.07, 6.45) is 5.03. The maximum atomic E-state index is 10.7. The van der Waals surface area contributed by atoms with Crippen LogP contribution < -0.4 is 0 Å². The smallest absolute Gasteiger partial charge is 0.309 e. The lowest BCUT2D eigenvalue weighted by Crippen LogP contribution is -2.02. The number of furan rings is 1. The third-order valence-corrected chi connectivity index (χ3v) is 3.32. The molecule has 3 rings (SSSR count). The van der Waals surface area contributed by atoms with Gasteiger partial charge in [-0.15, -0.1) is 11.3 Å².